The van der Waals surface area contributed by atoms with Crippen molar-refractivity contribution in [3.05, 3.63) is 59.0 Å². The van der Waals surface area contributed by atoms with E-state index in [4.69, 9.17) is 5.73 Å². The molecule has 27 heavy (non-hydrogen) atoms. The van der Waals surface area contributed by atoms with Crippen molar-refractivity contribution in [2.24, 2.45) is 5.73 Å². The SMILES string of the molecule is NCCCCc1c(-c2csc3ccccc23)[nH]c2c(C(F)(F)F)cccc12. The highest BCUT2D eigenvalue weighted by Crippen LogP contribution is 2.42. The lowest BCUT2D eigenvalue weighted by molar-refractivity contribution is -0.136. The average Bonchev–Trinajstić information content (AvgIpc) is 3.22. The summed E-state index contributed by atoms with van der Waals surface area (Å²) in [5.74, 6) is 0. The number of nitrogens with one attached hydrogen (secondary N) is 1. The summed E-state index contributed by atoms with van der Waals surface area (Å²) in [4.78, 5) is 3.12. The molecule has 0 fully saturated rings. The van der Waals surface area contributed by atoms with Crippen LogP contribution in [0.4, 0.5) is 13.2 Å². The van der Waals surface area contributed by atoms with Gasteiger partial charge in [0.15, 0.2) is 0 Å². The first-order valence-corrected chi connectivity index (χ1v) is 9.76. The predicted molar refractivity (Wildman–Crippen MR) is 106 cm³/mol. The van der Waals surface area contributed by atoms with Crippen molar-refractivity contribution in [1.29, 1.82) is 0 Å². The van der Waals surface area contributed by atoms with Gasteiger partial charge in [-0.25, -0.2) is 0 Å². The van der Waals surface area contributed by atoms with Gasteiger partial charge in [-0.15, -0.1) is 11.3 Å². The van der Waals surface area contributed by atoms with E-state index in [1.807, 2.05) is 29.6 Å². The van der Waals surface area contributed by atoms with E-state index in [0.717, 1.165) is 45.8 Å². The molecule has 0 aliphatic heterocycles. The van der Waals surface area contributed by atoms with Gasteiger partial charge in [-0.3, -0.25) is 0 Å². The molecule has 0 spiro atoms. The summed E-state index contributed by atoms with van der Waals surface area (Å²) in [6.45, 7) is 0.576. The number of hydrogen-bond acceptors (Lipinski definition) is 2. The zero-order valence-corrected chi connectivity index (χ0v) is 15.4. The Morgan fingerprint density at radius 1 is 0.963 bits per heavy atom. The van der Waals surface area contributed by atoms with Gasteiger partial charge < -0.3 is 10.7 Å². The highest BCUT2D eigenvalue weighted by molar-refractivity contribution is 7.17. The molecule has 0 saturated carbocycles. The summed E-state index contributed by atoms with van der Waals surface area (Å²) in [7, 11) is 0. The van der Waals surface area contributed by atoms with Crippen molar-refractivity contribution < 1.29 is 13.2 Å². The van der Waals surface area contributed by atoms with E-state index in [9.17, 15) is 13.2 Å². The third-order valence-electron chi connectivity index (χ3n) is 4.88. The molecule has 3 N–H and O–H groups in total. The molecule has 4 rings (SSSR count). The van der Waals surface area contributed by atoms with Crippen molar-refractivity contribution in [2.45, 2.75) is 25.4 Å². The molecule has 0 aliphatic rings. The Labute approximate surface area is 158 Å². The Balaban J connectivity index is 1.97. The van der Waals surface area contributed by atoms with Crippen LogP contribution in [0.1, 0.15) is 24.0 Å². The van der Waals surface area contributed by atoms with Crippen LogP contribution in [0.3, 0.4) is 0 Å². The Morgan fingerprint density at radius 2 is 1.74 bits per heavy atom. The maximum absolute atomic E-state index is 13.5. The maximum Gasteiger partial charge on any atom is 0.418 e. The number of aromatic nitrogens is 1. The number of thiophene rings is 1. The van der Waals surface area contributed by atoms with Gasteiger partial charge in [0, 0.05) is 26.4 Å². The normalized spacial score (nSPS) is 12.3. The number of alkyl halides is 3. The number of aryl methyl sites for hydroxylation is 1. The Hall–Kier alpha value is -2.31. The van der Waals surface area contributed by atoms with E-state index in [2.05, 4.69) is 4.98 Å². The van der Waals surface area contributed by atoms with E-state index < -0.39 is 11.7 Å². The summed E-state index contributed by atoms with van der Waals surface area (Å²) < 4.78 is 41.7. The number of hydrogen-bond donors (Lipinski definition) is 2. The van der Waals surface area contributed by atoms with Gasteiger partial charge in [0.05, 0.1) is 16.8 Å². The molecular formula is C21H19F3N2S. The molecule has 0 atom stereocenters. The highest BCUT2D eigenvalue weighted by atomic mass is 32.1. The van der Waals surface area contributed by atoms with E-state index in [1.54, 1.807) is 17.4 Å². The Kier molecular flexibility index (Phi) is 4.70. The van der Waals surface area contributed by atoms with Gasteiger partial charge >= 0.3 is 6.18 Å². The highest BCUT2D eigenvalue weighted by Gasteiger charge is 2.34. The van der Waals surface area contributed by atoms with Gasteiger partial charge in [0.1, 0.15) is 0 Å². The summed E-state index contributed by atoms with van der Waals surface area (Å²) in [5, 5.41) is 3.73. The van der Waals surface area contributed by atoms with Crippen molar-refractivity contribution in [3.8, 4) is 11.3 Å². The lowest BCUT2D eigenvalue weighted by Gasteiger charge is -2.07. The summed E-state index contributed by atoms with van der Waals surface area (Å²) in [5.41, 5.74) is 7.85. The van der Waals surface area contributed by atoms with E-state index in [1.165, 1.54) is 6.07 Å². The second-order valence-corrected chi connectivity index (χ2v) is 7.51. The standard InChI is InChI=1S/C21H19F3N2S/c22-21(23,24)17-9-5-8-15-14(7-3-4-11-25)19(26-20(15)17)16-12-27-18-10-2-1-6-13(16)18/h1-2,5-6,8-10,12,26H,3-4,7,11,25H2. The second kappa shape index (κ2) is 7.02. The van der Waals surface area contributed by atoms with Crippen LogP contribution in [0, 0.1) is 0 Å². The molecular weight excluding hydrogens is 369 g/mol. The smallest absolute Gasteiger partial charge is 0.354 e. The summed E-state index contributed by atoms with van der Waals surface area (Å²) >= 11 is 1.60. The largest absolute Gasteiger partial charge is 0.418 e. The molecule has 0 unspecified atom stereocenters. The van der Waals surface area contributed by atoms with Gasteiger partial charge in [-0.05, 0) is 43.5 Å². The number of H-pyrrole nitrogens is 1. The molecule has 2 heterocycles. The molecule has 2 aromatic heterocycles. The molecule has 0 saturated heterocycles. The topological polar surface area (TPSA) is 41.8 Å². The van der Waals surface area contributed by atoms with Gasteiger partial charge in [-0.1, -0.05) is 30.3 Å². The minimum atomic E-state index is -4.40. The first-order chi connectivity index (χ1) is 13.0. The van der Waals surface area contributed by atoms with Crippen molar-refractivity contribution >= 4 is 32.3 Å². The van der Waals surface area contributed by atoms with Crippen molar-refractivity contribution in [1.82, 2.24) is 4.98 Å². The monoisotopic (exact) mass is 388 g/mol. The molecule has 0 amide bonds. The van der Waals surface area contributed by atoms with Crippen LogP contribution in [0.25, 0.3) is 32.2 Å². The molecule has 140 valence electrons. The van der Waals surface area contributed by atoms with Crippen LogP contribution in [0.15, 0.2) is 47.8 Å². The molecule has 0 bridgehead atoms. The Morgan fingerprint density at radius 3 is 2.52 bits per heavy atom. The van der Waals surface area contributed by atoms with Crippen LogP contribution < -0.4 is 5.73 Å². The Bertz CT molecular complexity index is 1090. The lowest BCUT2D eigenvalue weighted by Crippen LogP contribution is -2.05. The number of fused-ring (bicyclic) bond motifs is 2. The van der Waals surface area contributed by atoms with Crippen LogP contribution >= 0.6 is 11.3 Å². The number of unbranched alkanes of at least 4 members (excludes halogenated alkanes) is 1. The lowest BCUT2D eigenvalue weighted by atomic mass is 9.99. The fourth-order valence-corrected chi connectivity index (χ4v) is 4.57. The third kappa shape index (κ3) is 3.24. The number of halogens is 3. The van der Waals surface area contributed by atoms with Crippen molar-refractivity contribution in [2.75, 3.05) is 6.54 Å². The molecule has 2 nitrogen and oxygen atoms in total. The van der Waals surface area contributed by atoms with Gasteiger partial charge in [-0.2, -0.15) is 13.2 Å². The fraction of sp³-hybridized carbons (Fsp3) is 0.238. The fourth-order valence-electron chi connectivity index (χ4n) is 3.62. The number of benzene rings is 2. The average molecular weight is 388 g/mol. The first-order valence-electron chi connectivity index (χ1n) is 8.88. The summed E-state index contributed by atoms with van der Waals surface area (Å²) in [6.07, 6.45) is -2.02. The van der Waals surface area contributed by atoms with Crippen LogP contribution in [-0.4, -0.2) is 11.5 Å². The van der Waals surface area contributed by atoms with Crippen LogP contribution in [0.2, 0.25) is 0 Å². The number of aromatic amines is 1. The molecule has 0 radical (unpaired) electrons. The van der Waals surface area contributed by atoms with E-state index in [0.29, 0.717) is 18.4 Å². The molecule has 2 aromatic carbocycles. The third-order valence-corrected chi connectivity index (χ3v) is 5.84. The predicted octanol–water partition coefficient (Wildman–Crippen LogP) is 6.35. The number of rotatable bonds is 5. The molecule has 0 aliphatic carbocycles. The summed E-state index contributed by atoms with van der Waals surface area (Å²) in [6, 6.07) is 12.4. The zero-order chi connectivity index (χ0) is 19.0. The molecule has 4 aromatic rings. The van der Waals surface area contributed by atoms with Gasteiger partial charge in [0.25, 0.3) is 0 Å². The molecule has 6 heteroatoms. The first kappa shape index (κ1) is 18.1. The zero-order valence-electron chi connectivity index (χ0n) is 14.6. The van der Waals surface area contributed by atoms with Gasteiger partial charge in [0.2, 0.25) is 0 Å². The van der Waals surface area contributed by atoms with Crippen LogP contribution in [0.5, 0.6) is 0 Å². The minimum Gasteiger partial charge on any atom is -0.354 e. The van der Waals surface area contributed by atoms with Crippen LogP contribution in [-0.2, 0) is 12.6 Å². The quantitative estimate of drug-likeness (QED) is 0.384. The van der Waals surface area contributed by atoms with Crippen molar-refractivity contribution in [3.63, 3.8) is 0 Å². The van der Waals surface area contributed by atoms with E-state index in [-0.39, 0.29) is 5.52 Å². The second-order valence-electron chi connectivity index (χ2n) is 6.60. The number of nitrogens with two attached hydrogens (primary N) is 1. The number of para-hydroxylation sites is 1. The maximum atomic E-state index is 13.5. The van der Waals surface area contributed by atoms with E-state index >= 15 is 0 Å². The minimum absolute atomic E-state index is 0.165.